The van der Waals surface area contributed by atoms with E-state index in [9.17, 15) is 18.0 Å². The minimum Gasteiger partial charge on any atom is -0.455 e. The van der Waals surface area contributed by atoms with Crippen molar-refractivity contribution in [3.8, 4) is 0 Å². The predicted molar refractivity (Wildman–Crippen MR) is 97.8 cm³/mol. The van der Waals surface area contributed by atoms with Gasteiger partial charge in [-0.25, -0.2) is 13.2 Å². The second-order valence-electron chi connectivity index (χ2n) is 6.44. The van der Waals surface area contributed by atoms with Gasteiger partial charge in [0.05, 0.1) is 10.5 Å². The van der Waals surface area contributed by atoms with Crippen molar-refractivity contribution < 1.29 is 27.3 Å². The number of esters is 1. The molecular weight excluding hydrogens is 386 g/mol. The van der Waals surface area contributed by atoms with Crippen LogP contribution in [0.3, 0.4) is 0 Å². The van der Waals surface area contributed by atoms with Gasteiger partial charge in [-0.1, -0.05) is 11.2 Å². The zero-order chi connectivity index (χ0) is 20.3. The Kier molecular flexibility index (Phi) is 5.80. The zero-order valence-electron chi connectivity index (χ0n) is 15.6. The molecule has 3 rings (SSSR count). The average molecular weight is 407 g/mol. The Morgan fingerprint density at radius 1 is 1.18 bits per heavy atom. The number of benzene rings is 1. The van der Waals surface area contributed by atoms with Crippen molar-refractivity contribution in [2.24, 2.45) is 0 Å². The summed E-state index contributed by atoms with van der Waals surface area (Å²) in [5.74, 6) is -0.132. The van der Waals surface area contributed by atoms with Gasteiger partial charge in [0.25, 0.3) is 0 Å². The number of hydrogen-bond acceptors (Lipinski definition) is 7. The molecule has 10 heteroatoms. The quantitative estimate of drug-likeness (QED) is 0.685. The van der Waals surface area contributed by atoms with Crippen LogP contribution in [-0.2, 0) is 26.2 Å². The fourth-order valence-corrected chi connectivity index (χ4v) is 4.35. The summed E-state index contributed by atoms with van der Waals surface area (Å²) in [6.07, 6.45) is 0. The van der Waals surface area contributed by atoms with Crippen LogP contribution in [0.4, 0.5) is 0 Å². The third kappa shape index (κ3) is 4.39. The van der Waals surface area contributed by atoms with E-state index in [0.29, 0.717) is 24.5 Å². The first kappa shape index (κ1) is 20.0. The highest BCUT2D eigenvalue weighted by Crippen LogP contribution is 2.19. The van der Waals surface area contributed by atoms with Gasteiger partial charge in [-0.3, -0.25) is 4.79 Å². The number of ether oxygens (including phenoxy) is 1. The molecule has 0 saturated carbocycles. The molecule has 0 bridgehead atoms. The summed E-state index contributed by atoms with van der Waals surface area (Å²) in [6.45, 7) is 4.22. The van der Waals surface area contributed by atoms with E-state index in [1.807, 2.05) is 0 Å². The van der Waals surface area contributed by atoms with Gasteiger partial charge in [-0.15, -0.1) is 0 Å². The molecule has 0 radical (unpaired) electrons. The Labute approximate surface area is 162 Å². The highest BCUT2D eigenvalue weighted by molar-refractivity contribution is 7.89. The molecule has 150 valence electrons. The van der Waals surface area contributed by atoms with E-state index >= 15 is 0 Å². The van der Waals surface area contributed by atoms with E-state index in [4.69, 9.17) is 9.26 Å². The lowest BCUT2D eigenvalue weighted by Crippen LogP contribution is -2.49. The first-order valence-corrected chi connectivity index (χ1v) is 10.2. The van der Waals surface area contributed by atoms with Crippen molar-refractivity contribution in [2.45, 2.75) is 25.3 Å². The van der Waals surface area contributed by atoms with Crippen molar-refractivity contribution in [3.05, 3.63) is 47.3 Å². The number of carbonyl (C=O) groups excluding carboxylic acids is 2. The van der Waals surface area contributed by atoms with Crippen LogP contribution < -0.4 is 0 Å². The number of aromatic nitrogens is 1. The Hall–Kier alpha value is -2.72. The molecule has 1 aliphatic rings. The first-order chi connectivity index (χ1) is 13.3. The molecule has 1 aromatic heterocycles. The molecule has 28 heavy (non-hydrogen) atoms. The van der Waals surface area contributed by atoms with Crippen LogP contribution in [0.25, 0.3) is 0 Å². The molecule has 2 heterocycles. The Bertz CT molecular complexity index is 977. The highest BCUT2D eigenvalue weighted by Gasteiger charge is 2.29. The molecule has 2 aromatic rings. The van der Waals surface area contributed by atoms with Crippen LogP contribution >= 0.6 is 0 Å². The maximum absolute atomic E-state index is 12.9. The number of carbonyl (C=O) groups is 2. The minimum absolute atomic E-state index is 0.00973. The minimum atomic E-state index is -3.77. The number of hydrogen-bond donors (Lipinski definition) is 0. The van der Waals surface area contributed by atoms with Crippen LogP contribution in [0.2, 0.25) is 0 Å². The van der Waals surface area contributed by atoms with Gasteiger partial charge in [-0.2, -0.15) is 4.31 Å². The third-order valence-corrected chi connectivity index (χ3v) is 6.31. The summed E-state index contributed by atoms with van der Waals surface area (Å²) in [7, 11) is -3.77. The first-order valence-electron chi connectivity index (χ1n) is 8.72. The van der Waals surface area contributed by atoms with Crippen molar-refractivity contribution in [1.29, 1.82) is 0 Å². The molecule has 9 nitrogen and oxygen atoms in total. The molecule has 1 fully saturated rings. The van der Waals surface area contributed by atoms with E-state index in [1.165, 1.54) is 35.5 Å². The van der Waals surface area contributed by atoms with Gasteiger partial charge in [0.2, 0.25) is 15.9 Å². The predicted octanol–water partition coefficient (Wildman–Crippen LogP) is 1.19. The molecular formula is C18H21N3O6S. The second kappa shape index (κ2) is 8.11. The maximum atomic E-state index is 12.9. The molecule has 1 saturated heterocycles. The van der Waals surface area contributed by atoms with E-state index in [1.54, 1.807) is 17.9 Å². The smallest absolute Gasteiger partial charge is 0.338 e. The lowest BCUT2D eigenvalue weighted by Gasteiger charge is -2.33. The highest BCUT2D eigenvalue weighted by atomic mass is 32.2. The molecule has 1 aliphatic heterocycles. The lowest BCUT2D eigenvalue weighted by atomic mass is 10.2. The molecule has 0 aliphatic carbocycles. The van der Waals surface area contributed by atoms with Crippen molar-refractivity contribution in [2.75, 3.05) is 26.2 Å². The molecule has 0 spiro atoms. The van der Waals surface area contributed by atoms with Gasteiger partial charge >= 0.3 is 5.97 Å². The van der Waals surface area contributed by atoms with E-state index in [2.05, 4.69) is 5.16 Å². The number of amides is 1. The van der Waals surface area contributed by atoms with E-state index in [-0.39, 0.29) is 36.1 Å². The van der Waals surface area contributed by atoms with Crippen LogP contribution in [0.5, 0.6) is 0 Å². The normalized spacial score (nSPS) is 15.4. The van der Waals surface area contributed by atoms with Gasteiger partial charge in [0.15, 0.2) is 0 Å². The number of aryl methyl sites for hydroxylation is 1. The second-order valence-corrected chi connectivity index (χ2v) is 8.38. The third-order valence-electron chi connectivity index (χ3n) is 4.42. The fraction of sp³-hybridized carbons (Fsp3) is 0.389. The number of nitrogens with zero attached hydrogens (tertiary/aromatic N) is 3. The average Bonchev–Trinajstić information content (AvgIpc) is 3.11. The van der Waals surface area contributed by atoms with Gasteiger partial charge in [0, 0.05) is 39.2 Å². The molecule has 0 atom stereocenters. The Morgan fingerprint density at radius 2 is 1.89 bits per heavy atom. The van der Waals surface area contributed by atoms with Gasteiger partial charge in [0.1, 0.15) is 18.1 Å². The van der Waals surface area contributed by atoms with E-state index in [0.717, 1.165) is 0 Å². The van der Waals surface area contributed by atoms with E-state index < -0.39 is 16.0 Å². The van der Waals surface area contributed by atoms with Crippen LogP contribution in [0.15, 0.2) is 39.8 Å². The summed E-state index contributed by atoms with van der Waals surface area (Å²) in [6, 6.07) is 7.36. The van der Waals surface area contributed by atoms with Crippen LogP contribution in [-0.4, -0.2) is 60.8 Å². The molecule has 1 aromatic carbocycles. The fourth-order valence-electron chi connectivity index (χ4n) is 2.88. The van der Waals surface area contributed by atoms with Crippen LogP contribution in [0, 0.1) is 6.92 Å². The summed E-state index contributed by atoms with van der Waals surface area (Å²) in [5, 5.41) is 3.74. The van der Waals surface area contributed by atoms with Crippen molar-refractivity contribution in [3.63, 3.8) is 0 Å². The molecule has 0 unspecified atom stereocenters. The van der Waals surface area contributed by atoms with Crippen molar-refractivity contribution in [1.82, 2.24) is 14.4 Å². The topological polar surface area (TPSA) is 110 Å². The summed E-state index contributed by atoms with van der Waals surface area (Å²) >= 11 is 0. The summed E-state index contributed by atoms with van der Waals surface area (Å²) < 4.78 is 37.1. The SMILES string of the molecule is CC(=O)N1CCN(S(=O)(=O)c2cccc(C(=O)OCc3cc(C)on3)c2)CC1. The summed E-state index contributed by atoms with van der Waals surface area (Å²) in [5.41, 5.74) is 0.599. The monoisotopic (exact) mass is 407 g/mol. The molecule has 0 N–H and O–H groups in total. The Morgan fingerprint density at radius 3 is 2.50 bits per heavy atom. The largest absolute Gasteiger partial charge is 0.455 e. The maximum Gasteiger partial charge on any atom is 0.338 e. The standard InChI is InChI=1S/C18H21N3O6S/c1-13-10-16(19-27-13)12-26-18(23)15-4-3-5-17(11-15)28(24,25)21-8-6-20(7-9-21)14(2)22/h3-5,10-11H,6-9,12H2,1-2H3. The van der Waals surface area contributed by atoms with Crippen LogP contribution in [0.1, 0.15) is 28.7 Å². The van der Waals surface area contributed by atoms with Crippen molar-refractivity contribution >= 4 is 21.9 Å². The summed E-state index contributed by atoms with van der Waals surface area (Å²) in [4.78, 5) is 25.3. The van der Waals surface area contributed by atoms with Gasteiger partial charge in [-0.05, 0) is 25.1 Å². The molecule has 1 amide bonds. The lowest BCUT2D eigenvalue weighted by molar-refractivity contribution is -0.129. The number of rotatable bonds is 5. The zero-order valence-corrected chi connectivity index (χ0v) is 16.4. The Balaban J connectivity index is 1.69. The van der Waals surface area contributed by atoms with Gasteiger partial charge < -0.3 is 14.2 Å². The number of sulfonamides is 1. The number of piperazine rings is 1.